The van der Waals surface area contributed by atoms with E-state index in [1.54, 1.807) is 11.0 Å². The van der Waals surface area contributed by atoms with Gasteiger partial charge < -0.3 is 14.4 Å². The molecule has 2 aromatic rings. The summed E-state index contributed by atoms with van der Waals surface area (Å²) in [5.74, 6) is 1.75. The molecule has 1 fully saturated rings. The number of amides is 1. The average Bonchev–Trinajstić information content (AvgIpc) is 2.74. The number of ketones is 1. The molecular weight excluding hydrogens is 414 g/mol. The quantitative estimate of drug-likeness (QED) is 0.656. The summed E-state index contributed by atoms with van der Waals surface area (Å²) in [5.41, 5.74) is 2.06. The van der Waals surface area contributed by atoms with Gasteiger partial charge in [0.25, 0.3) is 5.91 Å². The first-order chi connectivity index (χ1) is 14.8. The van der Waals surface area contributed by atoms with Crippen LogP contribution in [-0.2, 0) is 4.79 Å². The first kappa shape index (κ1) is 21.7. The third-order valence-corrected chi connectivity index (χ3v) is 6.47. The number of halogens is 1. The number of hydrogen-bond donors (Lipinski definition) is 0. The minimum absolute atomic E-state index is 0.00871. The first-order valence-corrected chi connectivity index (χ1v) is 11.2. The van der Waals surface area contributed by atoms with Crippen LogP contribution in [0.2, 0.25) is 5.02 Å². The van der Waals surface area contributed by atoms with Crippen molar-refractivity contribution in [2.75, 3.05) is 19.7 Å². The predicted molar refractivity (Wildman–Crippen MR) is 120 cm³/mol. The molecule has 2 aliphatic heterocycles. The SMILES string of the molecule is Cc1cc(Cl)cc2c1OC1(CCN(C(=O)COc3cccc(C(C)C)c3)CC1)CC2=O. The number of carbonyl (C=O) groups is 2. The van der Waals surface area contributed by atoms with Gasteiger partial charge in [-0.2, -0.15) is 0 Å². The van der Waals surface area contributed by atoms with Crippen molar-refractivity contribution in [1.29, 1.82) is 0 Å². The maximum atomic E-state index is 12.8. The van der Waals surface area contributed by atoms with Gasteiger partial charge in [0.2, 0.25) is 0 Å². The molecule has 1 amide bonds. The fourth-order valence-corrected chi connectivity index (χ4v) is 4.63. The largest absolute Gasteiger partial charge is 0.486 e. The second-order valence-corrected chi connectivity index (χ2v) is 9.32. The van der Waals surface area contributed by atoms with Crippen LogP contribution in [0.4, 0.5) is 0 Å². The van der Waals surface area contributed by atoms with E-state index in [-0.39, 0.29) is 18.3 Å². The average molecular weight is 442 g/mol. The van der Waals surface area contributed by atoms with Crippen molar-refractivity contribution in [2.45, 2.75) is 51.6 Å². The zero-order valence-corrected chi connectivity index (χ0v) is 19.0. The number of carbonyl (C=O) groups excluding carboxylic acids is 2. The minimum atomic E-state index is -0.550. The molecule has 5 nitrogen and oxygen atoms in total. The fourth-order valence-electron chi connectivity index (χ4n) is 4.36. The molecule has 0 unspecified atom stereocenters. The molecule has 0 aliphatic carbocycles. The maximum absolute atomic E-state index is 12.8. The van der Waals surface area contributed by atoms with Crippen molar-refractivity contribution in [3.63, 3.8) is 0 Å². The molecule has 2 aliphatic rings. The molecule has 0 N–H and O–H groups in total. The van der Waals surface area contributed by atoms with Gasteiger partial charge in [0, 0.05) is 31.0 Å². The molecule has 0 bridgehead atoms. The summed E-state index contributed by atoms with van der Waals surface area (Å²) < 4.78 is 12.1. The van der Waals surface area contributed by atoms with Gasteiger partial charge in [-0.15, -0.1) is 0 Å². The Morgan fingerprint density at radius 2 is 1.97 bits per heavy atom. The number of fused-ring (bicyclic) bond motifs is 1. The summed E-state index contributed by atoms with van der Waals surface area (Å²) in [4.78, 5) is 27.3. The summed E-state index contributed by atoms with van der Waals surface area (Å²) in [7, 11) is 0. The highest BCUT2D eigenvalue weighted by atomic mass is 35.5. The molecule has 1 saturated heterocycles. The van der Waals surface area contributed by atoms with Gasteiger partial charge in [0.15, 0.2) is 12.4 Å². The molecule has 6 heteroatoms. The molecule has 4 rings (SSSR count). The molecule has 0 aromatic heterocycles. The fraction of sp³-hybridized carbons (Fsp3) is 0.440. The van der Waals surface area contributed by atoms with Crippen LogP contribution in [0, 0.1) is 6.92 Å². The van der Waals surface area contributed by atoms with Gasteiger partial charge in [0.05, 0.1) is 12.0 Å². The highest BCUT2D eigenvalue weighted by Gasteiger charge is 2.44. The van der Waals surface area contributed by atoms with Gasteiger partial charge in [-0.3, -0.25) is 9.59 Å². The number of hydrogen-bond acceptors (Lipinski definition) is 4. The van der Waals surface area contributed by atoms with Crippen LogP contribution >= 0.6 is 11.6 Å². The lowest BCUT2D eigenvalue weighted by Crippen LogP contribution is -2.53. The Morgan fingerprint density at radius 1 is 1.23 bits per heavy atom. The smallest absolute Gasteiger partial charge is 0.260 e. The number of nitrogens with zero attached hydrogens (tertiary/aromatic N) is 1. The number of piperidine rings is 1. The molecule has 31 heavy (non-hydrogen) atoms. The van der Waals surface area contributed by atoms with E-state index in [2.05, 4.69) is 19.9 Å². The van der Waals surface area contributed by atoms with Crippen LogP contribution in [-0.4, -0.2) is 41.9 Å². The first-order valence-electron chi connectivity index (χ1n) is 10.8. The molecular formula is C25H28ClNO4. The lowest BCUT2D eigenvalue weighted by molar-refractivity contribution is -0.136. The summed E-state index contributed by atoms with van der Waals surface area (Å²) in [5, 5.41) is 0.545. The lowest BCUT2D eigenvalue weighted by Gasteiger charge is -2.44. The van der Waals surface area contributed by atoms with E-state index in [0.29, 0.717) is 60.4 Å². The van der Waals surface area contributed by atoms with Gasteiger partial charge in [0.1, 0.15) is 17.1 Å². The monoisotopic (exact) mass is 441 g/mol. The normalized spacial score (nSPS) is 17.5. The molecule has 164 valence electrons. The Balaban J connectivity index is 1.37. The summed E-state index contributed by atoms with van der Waals surface area (Å²) in [6, 6.07) is 11.4. The van der Waals surface area contributed by atoms with E-state index < -0.39 is 5.60 Å². The summed E-state index contributed by atoms with van der Waals surface area (Å²) in [6.45, 7) is 7.25. The second-order valence-electron chi connectivity index (χ2n) is 8.88. The minimum Gasteiger partial charge on any atom is -0.486 e. The molecule has 2 aromatic carbocycles. The predicted octanol–water partition coefficient (Wildman–Crippen LogP) is 5.18. The zero-order chi connectivity index (χ0) is 22.2. The van der Waals surface area contributed by atoms with Crippen LogP contribution in [0.15, 0.2) is 36.4 Å². The second kappa shape index (κ2) is 8.54. The number of ether oxygens (including phenoxy) is 2. The van der Waals surface area contributed by atoms with E-state index in [1.807, 2.05) is 31.2 Å². The number of benzene rings is 2. The van der Waals surface area contributed by atoms with Gasteiger partial charge in [-0.1, -0.05) is 37.6 Å². The van der Waals surface area contributed by atoms with Crippen LogP contribution in [0.3, 0.4) is 0 Å². The van der Waals surface area contributed by atoms with E-state index in [1.165, 1.54) is 5.56 Å². The third-order valence-electron chi connectivity index (χ3n) is 6.26. The van der Waals surface area contributed by atoms with Gasteiger partial charge in [-0.05, 0) is 48.2 Å². The van der Waals surface area contributed by atoms with E-state index >= 15 is 0 Å². The maximum Gasteiger partial charge on any atom is 0.260 e. The van der Waals surface area contributed by atoms with Gasteiger partial charge in [-0.25, -0.2) is 0 Å². The molecule has 0 atom stereocenters. The van der Waals surface area contributed by atoms with Crippen molar-refractivity contribution in [3.05, 3.63) is 58.1 Å². The topological polar surface area (TPSA) is 55.8 Å². The number of rotatable bonds is 4. The zero-order valence-electron chi connectivity index (χ0n) is 18.2. The van der Waals surface area contributed by atoms with E-state index in [0.717, 1.165) is 5.56 Å². The lowest BCUT2D eigenvalue weighted by atomic mass is 9.82. The third kappa shape index (κ3) is 4.57. The number of Topliss-reactive ketones (excluding diaryl/α,β-unsaturated/α-hetero) is 1. The van der Waals surface area contributed by atoms with Gasteiger partial charge >= 0.3 is 0 Å². The van der Waals surface area contributed by atoms with Crippen molar-refractivity contribution in [2.24, 2.45) is 0 Å². The standard InChI is InChI=1S/C25H28ClNO4/c1-16(2)18-5-4-6-20(12-18)30-15-23(29)27-9-7-25(8-10-27)14-22(28)21-13-19(26)11-17(3)24(21)31-25/h4-6,11-13,16H,7-10,14-15H2,1-3H3. The highest BCUT2D eigenvalue weighted by Crippen LogP contribution is 2.42. The summed E-state index contributed by atoms with van der Waals surface area (Å²) in [6.07, 6.45) is 1.56. The van der Waals surface area contributed by atoms with Crippen molar-refractivity contribution < 1.29 is 19.1 Å². The Hall–Kier alpha value is -2.53. The Labute approximate surface area is 188 Å². The number of aryl methyl sites for hydroxylation is 1. The molecule has 0 saturated carbocycles. The van der Waals surface area contributed by atoms with Crippen molar-refractivity contribution >= 4 is 23.3 Å². The van der Waals surface area contributed by atoms with E-state index in [9.17, 15) is 9.59 Å². The summed E-state index contributed by atoms with van der Waals surface area (Å²) >= 11 is 6.11. The van der Waals surface area contributed by atoms with Crippen LogP contribution in [0.5, 0.6) is 11.5 Å². The Morgan fingerprint density at radius 3 is 2.68 bits per heavy atom. The Bertz CT molecular complexity index is 1010. The van der Waals surface area contributed by atoms with Crippen LogP contribution in [0.1, 0.15) is 60.5 Å². The van der Waals surface area contributed by atoms with Crippen LogP contribution in [0.25, 0.3) is 0 Å². The molecule has 1 spiro atoms. The van der Waals surface area contributed by atoms with E-state index in [4.69, 9.17) is 21.1 Å². The molecule has 2 heterocycles. The molecule has 0 radical (unpaired) electrons. The number of likely N-dealkylation sites (tertiary alicyclic amines) is 1. The van der Waals surface area contributed by atoms with Crippen molar-refractivity contribution in [3.8, 4) is 11.5 Å². The highest BCUT2D eigenvalue weighted by molar-refractivity contribution is 6.31. The van der Waals surface area contributed by atoms with Crippen molar-refractivity contribution in [1.82, 2.24) is 4.90 Å². The Kier molecular flexibility index (Phi) is 5.98. The van der Waals surface area contributed by atoms with Crippen LogP contribution < -0.4 is 9.47 Å².